The van der Waals surface area contributed by atoms with Crippen molar-refractivity contribution in [2.75, 3.05) is 25.9 Å². The predicted octanol–water partition coefficient (Wildman–Crippen LogP) is 4.00. The summed E-state index contributed by atoms with van der Waals surface area (Å²) in [4.78, 5) is 3.90. The van der Waals surface area contributed by atoms with Crippen molar-refractivity contribution in [3.05, 3.63) is 52.2 Å². The molecule has 0 spiro atoms. The van der Waals surface area contributed by atoms with Gasteiger partial charge in [-0.1, -0.05) is 25.1 Å². The van der Waals surface area contributed by atoms with Crippen LogP contribution in [0.5, 0.6) is 0 Å². The molecule has 1 atom stereocenters. The Bertz CT molecular complexity index is 490. The molecule has 20 heavy (non-hydrogen) atoms. The number of thiophene rings is 1. The number of nitrogens with zero attached hydrogens (tertiary/aromatic N) is 1. The second-order valence-corrected chi connectivity index (χ2v) is 6.52. The van der Waals surface area contributed by atoms with Crippen molar-refractivity contribution in [1.29, 1.82) is 0 Å². The van der Waals surface area contributed by atoms with Crippen LogP contribution < -0.4 is 5.73 Å². The summed E-state index contributed by atoms with van der Waals surface area (Å²) in [6.07, 6.45) is 2.34. The van der Waals surface area contributed by atoms with Crippen LogP contribution in [0, 0.1) is 0 Å². The zero-order valence-electron chi connectivity index (χ0n) is 12.4. The van der Waals surface area contributed by atoms with Crippen LogP contribution in [-0.2, 0) is 6.42 Å². The quantitative estimate of drug-likeness (QED) is 0.780. The van der Waals surface area contributed by atoms with E-state index < -0.39 is 0 Å². The summed E-state index contributed by atoms with van der Waals surface area (Å²) in [7, 11) is 2.21. The number of hydrogen-bond donors (Lipinski definition) is 1. The fourth-order valence-electron chi connectivity index (χ4n) is 2.27. The van der Waals surface area contributed by atoms with Gasteiger partial charge in [0.2, 0.25) is 0 Å². The van der Waals surface area contributed by atoms with E-state index >= 15 is 0 Å². The van der Waals surface area contributed by atoms with Gasteiger partial charge >= 0.3 is 0 Å². The number of rotatable bonds is 7. The highest BCUT2D eigenvalue weighted by Gasteiger charge is 2.07. The average Bonchev–Trinajstić information content (AvgIpc) is 2.96. The molecule has 0 radical (unpaired) electrons. The molecule has 1 unspecified atom stereocenters. The Morgan fingerprint density at radius 1 is 1.15 bits per heavy atom. The monoisotopic (exact) mass is 288 g/mol. The maximum atomic E-state index is 5.73. The normalized spacial score (nSPS) is 12.8. The van der Waals surface area contributed by atoms with E-state index in [0.717, 1.165) is 25.2 Å². The molecule has 1 aromatic heterocycles. The largest absolute Gasteiger partial charge is 0.399 e. The summed E-state index contributed by atoms with van der Waals surface area (Å²) in [5.74, 6) is 0.583. The molecule has 0 bridgehead atoms. The third-order valence-electron chi connectivity index (χ3n) is 3.77. The number of nitrogens with two attached hydrogens (primary N) is 1. The molecule has 3 heteroatoms. The van der Waals surface area contributed by atoms with Crippen molar-refractivity contribution in [2.24, 2.45) is 0 Å². The second-order valence-electron chi connectivity index (χ2n) is 5.49. The molecule has 2 nitrogen and oxygen atoms in total. The van der Waals surface area contributed by atoms with E-state index in [4.69, 9.17) is 5.73 Å². The molecular weight excluding hydrogens is 264 g/mol. The van der Waals surface area contributed by atoms with Crippen LogP contribution in [-0.4, -0.2) is 25.0 Å². The molecule has 0 fully saturated rings. The zero-order valence-corrected chi connectivity index (χ0v) is 13.2. The van der Waals surface area contributed by atoms with Gasteiger partial charge in [-0.3, -0.25) is 0 Å². The van der Waals surface area contributed by atoms with Gasteiger partial charge in [-0.2, -0.15) is 0 Å². The van der Waals surface area contributed by atoms with Gasteiger partial charge in [0.05, 0.1) is 0 Å². The van der Waals surface area contributed by atoms with E-state index in [1.807, 2.05) is 23.5 Å². The van der Waals surface area contributed by atoms with E-state index in [2.05, 4.69) is 48.5 Å². The van der Waals surface area contributed by atoms with Gasteiger partial charge in [-0.05, 0) is 61.5 Å². The van der Waals surface area contributed by atoms with Crippen LogP contribution in [0.25, 0.3) is 0 Å². The van der Waals surface area contributed by atoms with Gasteiger partial charge in [-0.25, -0.2) is 0 Å². The van der Waals surface area contributed by atoms with Crippen molar-refractivity contribution >= 4 is 17.0 Å². The smallest absolute Gasteiger partial charge is 0.0314 e. The molecule has 1 heterocycles. The molecule has 1 aromatic carbocycles. The minimum absolute atomic E-state index is 0.583. The van der Waals surface area contributed by atoms with Gasteiger partial charge in [0.25, 0.3) is 0 Å². The lowest BCUT2D eigenvalue weighted by molar-refractivity contribution is 0.325. The maximum Gasteiger partial charge on any atom is 0.0314 e. The predicted molar refractivity (Wildman–Crippen MR) is 89.4 cm³/mol. The molecule has 2 aromatic rings. The molecular formula is C17H24N2S. The van der Waals surface area contributed by atoms with Gasteiger partial charge < -0.3 is 10.6 Å². The minimum atomic E-state index is 0.583. The molecule has 0 amide bonds. The van der Waals surface area contributed by atoms with Crippen molar-refractivity contribution < 1.29 is 0 Å². The third-order valence-corrected chi connectivity index (χ3v) is 4.71. The van der Waals surface area contributed by atoms with Gasteiger partial charge in [0.1, 0.15) is 0 Å². The molecule has 0 aliphatic rings. The van der Waals surface area contributed by atoms with Crippen molar-refractivity contribution in [3.63, 3.8) is 0 Å². The fourth-order valence-corrected chi connectivity index (χ4v) is 2.97. The summed E-state index contributed by atoms with van der Waals surface area (Å²) >= 11 is 1.85. The lowest BCUT2D eigenvalue weighted by Crippen LogP contribution is -2.23. The SMILES string of the molecule is CC(CCN(C)CCc1cccs1)c1ccc(N)cc1. The van der Waals surface area contributed by atoms with Crippen molar-refractivity contribution in [1.82, 2.24) is 4.90 Å². The Kier molecular flexibility index (Phi) is 5.62. The van der Waals surface area contributed by atoms with Crippen LogP contribution in [0.1, 0.15) is 29.7 Å². The minimum Gasteiger partial charge on any atom is -0.399 e. The van der Waals surface area contributed by atoms with Crippen LogP contribution in [0.3, 0.4) is 0 Å². The van der Waals surface area contributed by atoms with Gasteiger partial charge in [-0.15, -0.1) is 11.3 Å². The number of likely N-dealkylation sites (N-methyl/N-ethyl adjacent to an activating group) is 1. The topological polar surface area (TPSA) is 29.3 Å². The van der Waals surface area contributed by atoms with E-state index in [9.17, 15) is 0 Å². The van der Waals surface area contributed by atoms with Crippen LogP contribution >= 0.6 is 11.3 Å². The highest BCUT2D eigenvalue weighted by molar-refractivity contribution is 7.09. The number of benzene rings is 1. The first-order chi connectivity index (χ1) is 9.65. The molecule has 0 saturated carbocycles. The molecule has 2 rings (SSSR count). The number of hydrogen-bond acceptors (Lipinski definition) is 3. The van der Waals surface area contributed by atoms with Gasteiger partial charge in [0, 0.05) is 17.1 Å². The second kappa shape index (κ2) is 7.46. The van der Waals surface area contributed by atoms with Crippen LogP contribution in [0.15, 0.2) is 41.8 Å². The van der Waals surface area contributed by atoms with Gasteiger partial charge in [0.15, 0.2) is 0 Å². The summed E-state index contributed by atoms with van der Waals surface area (Å²) < 4.78 is 0. The highest BCUT2D eigenvalue weighted by atomic mass is 32.1. The zero-order chi connectivity index (χ0) is 14.4. The standard InChI is InChI=1S/C17H24N2S/c1-14(15-5-7-16(18)8-6-15)9-11-19(2)12-10-17-4-3-13-20-17/h3-8,13-14H,9-12,18H2,1-2H3. The highest BCUT2D eigenvalue weighted by Crippen LogP contribution is 2.20. The van der Waals surface area contributed by atoms with E-state index in [1.165, 1.54) is 16.9 Å². The Morgan fingerprint density at radius 3 is 2.55 bits per heavy atom. The lowest BCUT2D eigenvalue weighted by atomic mass is 9.97. The molecule has 0 aliphatic heterocycles. The Morgan fingerprint density at radius 2 is 1.90 bits per heavy atom. The van der Waals surface area contributed by atoms with Crippen LogP contribution in [0.4, 0.5) is 5.69 Å². The first-order valence-corrected chi connectivity index (χ1v) is 8.09. The van der Waals surface area contributed by atoms with Crippen molar-refractivity contribution in [3.8, 4) is 0 Å². The molecule has 2 N–H and O–H groups in total. The Balaban J connectivity index is 1.72. The molecule has 0 aliphatic carbocycles. The van der Waals surface area contributed by atoms with E-state index in [1.54, 1.807) is 0 Å². The molecule has 0 saturated heterocycles. The average molecular weight is 288 g/mol. The number of anilines is 1. The Hall–Kier alpha value is -1.32. The Labute approximate surface area is 126 Å². The fraction of sp³-hybridized carbons (Fsp3) is 0.412. The van der Waals surface area contributed by atoms with Crippen molar-refractivity contribution in [2.45, 2.75) is 25.7 Å². The lowest BCUT2D eigenvalue weighted by Gasteiger charge is -2.19. The molecule has 108 valence electrons. The first-order valence-electron chi connectivity index (χ1n) is 7.21. The summed E-state index contributed by atoms with van der Waals surface area (Å²) in [5, 5.41) is 2.15. The summed E-state index contributed by atoms with van der Waals surface area (Å²) in [5.41, 5.74) is 7.95. The van der Waals surface area contributed by atoms with Crippen LogP contribution in [0.2, 0.25) is 0 Å². The van der Waals surface area contributed by atoms with E-state index in [0.29, 0.717) is 5.92 Å². The summed E-state index contributed by atoms with van der Waals surface area (Å²) in [6.45, 7) is 4.56. The first kappa shape index (κ1) is 15.1. The number of nitrogen functional groups attached to an aromatic ring is 1. The summed E-state index contributed by atoms with van der Waals surface area (Å²) in [6, 6.07) is 12.6. The maximum absolute atomic E-state index is 5.73. The van der Waals surface area contributed by atoms with E-state index in [-0.39, 0.29) is 0 Å². The third kappa shape index (κ3) is 4.66.